The first kappa shape index (κ1) is 9.46. The van der Waals surface area contributed by atoms with Crippen molar-refractivity contribution in [3.8, 4) is 0 Å². The molecule has 0 aliphatic carbocycles. The van der Waals surface area contributed by atoms with Crippen molar-refractivity contribution in [3.05, 3.63) is 59.2 Å². The predicted molar refractivity (Wildman–Crippen MR) is 68.4 cm³/mol. The van der Waals surface area contributed by atoms with Crippen LogP contribution in [0.4, 0.5) is 11.4 Å². The highest BCUT2D eigenvalue weighted by Crippen LogP contribution is 2.32. The number of anilines is 2. The van der Waals surface area contributed by atoms with Crippen LogP contribution in [-0.4, -0.2) is 0 Å². The maximum Gasteiger partial charge on any atom is 0.0420 e. The molecule has 2 aromatic rings. The number of rotatable bonds is 1. The average Bonchev–Trinajstić information content (AvgIpc) is 2.35. The molecule has 0 unspecified atom stereocenters. The fourth-order valence-electron chi connectivity index (χ4n) is 2.28. The minimum Gasteiger partial charge on any atom is -0.355 e. The van der Waals surface area contributed by atoms with Crippen LogP contribution in [0.3, 0.4) is 0 Å². The van der Waals surface area contributed by atoms with Gasteiger partial charge in [0.25, 0.3) is 0 Å². The second-order valence-electron chi connectivity index (χ2n) is 4.30. The smallest absolute Gasteiger partial charge is 0.0420 e. The fraction of sp³-hybridized carbons (Fsp3) is 0.200. The summed E-state index contributed by atoms with van der Waals surface area (Å²) in [6.07, 6.45) is 2.15. The van der Waals surface area contributed by atoms with Crippen LogP contribution >= 0.6 is 0 Å². The van der Waals surface area contributed by atoms with E-state index in [1.807, 2.05) is 0 Å². The molecule has 1 N–H and O–H groups in total. The van der Waals surface area contributed by atoms with Crippen molar-refractivity contribution < 1.29 is 0 Å². The van der Waals surface area contributed by atoms with E-state index in [0.29, 0.717) is 0 Å². The molecular weight excluding hydrogens is 194 g/mol. The Hall–Kier alpha value is -1.76. The highest BCUT2D eigenvalue weighted by Gasteiger charge is 2.13. The molecule has 16 heavy (non-hydrogen) atoms. The van der Waals surface area contributed by atoms with Gasteiger partial charge in [0.1, 0.15) is 0 Å². The molecule has 2 aromatic carbocycles. The van der Waals surface area contributed by atoms with Crippen molar-refractivity contribution in [3.63, 3.8) is 0 Å². The molecule has 1 heterocycles. The maximum absolute atomic E-state index is 3.49. The van der Waals surface area contributed by atoms with Gasteiger partial charge < -0.3 is 5.32 Å². The summed E-state index contributed by atoms with van der Waals surface area (Å²) in [6, 6.07) is 15.3. The molecule has 0 amide bonds. The first-order chi connectivity index (χ1) is 7.86. The van der Waals surface area contributed by atoms with Crippen molar-refractivity contribution in [1.82, 2.24) is 0 Å². The summed E-state index contributed by atoms with van der Waals surface area (Å²) in [6.45, 7) is 2.20. The Balaban J connectivity index is 2.05. The van der Waals surface area contributed by atoms with Gasteiger partial charge in [-0.25, -0.2) is 0 Å². The van der Waals surface area contributed by atoms with Crippen molar-refractivity contribution >= 4 is 11.4 Å². The van der Waals surface area contributed by atoms with Crippen molar-refractivity contribution in [2.24, 2.45) is 0 Å². The number of benzene rings is 2. The minimum absolute atomic E-state index is 1.05. The SMILES string of the molecule is CCc1ccc2c(c1)Cc1ccccc1N2. The highest BCUT2D eigenvalue weighted by atomic mass is 14.9. The van der Waals surface area contributed by atoms with Gasteiger partial charge in [0, 0.05) is 17.8 Å². The molecular formula is C15H15N. The maximum atomic E-state index is 3.49. The molecule has 80 valence electrons. The zero-order valence-corrected chi connectivity index (χ0v) is 9.46. The molecule has 0 aromatic heterocycles. The topological polar surface area (TPSA) is 12.0 Å². The molecule has 0 saturated heterocycles. The predicted octanol–water partition coefficient (Wildman–Crippen LogP) is 3.90. The molecule has 0 atom stereocenters. The molecule has 0 bridgehead atoms. The molecule has 0 fully saturated rings. The van der Waals surface area contributed by atoms with Crippen LogP contribution in [0.1, 0.15) is 23.6 Å². The monoisotopic (exact) mass is 209 g/mol. The van der Waals surface area contributed by atoms with E-state index in [1.165, 1.54) is 28.1 Å². The van der Waals surface area contributed by atoms with Crippen LogP contribution < -0.4 is 5.32 Å². The number of nitrogens with one attached hydrogen (secondary N) is 1. The molecule has 1 aliphatic heterocycles. The van der Waals surface area contributed by atoms with Gasteiger partial charge in [0.2, 0.25) is 0 Å². The van der Waals surface area contributed by atoms with Gasteiger partial charge in [0.05, 0.1) is 0 Å². The summed E-state index contributed by atoms with van der Waals surface area (Å²) in [5, 5.41) is 3.49. The Bertz CT molecular complexity index is 529. The Morgan fingerprint density at radius 1 is 1.00 bits per heavy atom. The Morgan fingerprint density at radius 3 is 2.69 bits per heavy atom. The van der Waals surface area contributed by atoms with E-state index in [9.17, 15) is 0 Å². The standard InChI is InChI=1S/C15H15N/c1-2-11-7-8-15-13(9-11)10-12-5-3-4-6-14(12)16-15/h3-9,16H,2,10H2,1H3. The lowest BCUT2D eigenvalue weighted by Crippen LogP contribution is -2.06. The summed E-state index contributed by atoms with van der Waals surface area (Å²) in [7, 11) is 0. The number of hydrogen-bond donors (Lipinski definition) is 1. The average molecular weight is 209 g/mol. The molecule has 0 spiro atoms. The largest absolute Gasteiger partial charge is 0.355 e. The van der Waals surface area contributed by atoms with Gasteiger partial charge in [-0.3, -0.25) is 0 Å². The van der Waals surface area contributed by atoms with E-state index in [1.54, 1.807) is 0 Å². The van der Waals surface area contributed by atoms with E-state index in [0.717, 1.165) is 12.8 Å². The number of aryl methyl sites for hydroxylation is 1. The second-order valence-corrected chi connectivity index (χ2v) is 4.30. The number of hydrogen-bond acceptors (Lipinski definition) is 1. The Kier molecular flexibility index (Phi) is 2.17. The van der Waals surface area contributed by atoms with Gasteiger partial charge in [-0.2, -0.15) is 0 Å². The van der Waals surface area contributed by atoms with Crippen LogP contribution in [0.15, 0.2) is 42.5 Å². The van der Waals surface area contributed by atoms with Crippen LogP contribution in [0.2, 0.25) is 0 Å². The molecule has 1 heteroatoms. The third-order valence-corrected chi connectivity index (χ3v) is 3.25. The first-order valence-corrected chi connectivity index (χ1v) is 5.83. The van der Waals surface area contributed by atoms with Crippen LogP contribution in [0.25, 0.3) is 0 Å². The van der Waals surface area contributed by atoms with E-state index < -0.39 is 0 Å². The van der Waals surface area contributed by atoms with Gasteiger partial charge >= 0.3 is 0 Å². The summed E-state index contributed by atoms with van der Waals surface area (Å²) in [4.78, 5) is 0. The summed E-state index contributed by atoms with van der Waals surface area (Å²) in [5.74, 6) is 0. The zero-order chi connectivity index (χ0) is 11.0. The quantitative estimate of drug-likeness (QED) is 0.641. The number of para-hydroxylation sites is 1. The first-order valence-electron chi connectivity index (χ1n) is 5.83. The third kappa shape index (κ3) is 1.49. The minimum atomic E-state index is 1.05. The highest BCUT2D eigenvalue weighted by molar-refractivity contribution is 5.71. The number of fused-ring (bicyclic) bond motifs is 2. The van der Waals surface area contributed by atoms with Gasteiger partial charge in [-0.1, -0.05) is 37.3 Å². The fourth-order valence-corrected chi connectivity index (χ4v) is 2.28. The lowest BCUT2D eigenvalue weighted by molar-refractivity contribution is 1.10. The second kappa shape index (κ2) is 3.67. The summed E-state index contributed by atoms with van der Waals surface area (Å²) in [5.41, 5.74) is 6.73. The van der Waals surface area contributed by atoms with E-state index in [4.69, 9.17) is 0 Å². The van der Waals surface area contributed by atoms with Crippen molar-refractivity contribution in [2.45, 2.75) is 19.8 Å². The van der Waals surface area contributed by atoms with E-state index in [2.05, 4.69) is 54.7 Å². The van der Waals surface area contributed by atoms with Gasteiger partial charge in [-0.15, -0.1) is 0 Å². The van der Waals surface area contributed by atoms with Crippen LogP contribution in [0, 0.1) is 0 Å². The van der Waals surface area contributed by atoms with Crippen LogP contribution in [0.5, 0.6) is 0 Å². The molecule has 3 rings (SSSR count). The third-order valence-electron chi connectivity index (χ3n) is 3.25. The molecule has 1 aliphatic rings. The van der Waals surface area contributed by atoms with Gasteiger partial charge in [-0.05, 0) is 35.2 Å². The lowest BCUT2D eigenvalue weighted by atomic mass is 9.95. The lowest BCUT2D eigenvalue weighted by Gasteiger charge is -2.21. The molecule has 1 nitrogen and oxygen atoms in total. The summed E-state index contributed by atoms with van der Waals surface area (Å²) >= 11 is 0. The van der Waals surface area contributed by atoms with Gasteiger partial charge in [0.15, 0.2) is 0 Å². The van der Waals surface area contributed by atoms with Crippen molar-refractivity contribution in [2.75, 3.05) is 5.32 Å². The van der Waals surface area contributed by atoms with Crippen molar-refractivity contribution in [1.29, 1.82) is 0 Å². The zero-order valence-electron chi connectivity index (χ0n) is 9.46. The van der Waals surface area contributed by atoms with E-state index in [-0.39, 0.29) is 0 Å². The Labute approximate surface area is 96.1 Å². The molecule has 0 radical (unpaired) electrons. The Morgan fingerprint density at radius 2 is 1.81 bits per heavy atom. The summed E-state index contributed by atoms with van der Waals surface area (Å²) < 4.78 is 0. The normalized spacial score (nSPS) is 12.6. The van der Waals surface area contributed by atoms with E-state index >= 15 is 0 Å². The molecule has 0 saturated carbocycles. The van der Waals surface area contributed by atoms with Crippen LogP contribution in [-0.2, 0) is 12.8 Å².